The van der Waals surface area contributed by atoms with Crippen molar-refractivity contribution < 1.29 is 24.2 Å². The maximum Gasteiger partial charge on any atom is 0.317 e. The highest BCUT2D eigenvalue weighted by Gasteiger charge is 2.29. The molecule has 0 aliphatic carbocycles. The van der Waals surface area contributed by atoms with Crippen LogP contribution in [0, 0.1) is 5.92 Å². The van der Waals surface area contributed by atoms with Gasteiger partial charge in [-0.1, -0.05) is 19.9 Å². The van der Waals surface area contributed by atoms with Crippen molar-refractivity contribution in [2.24, 2.45) is 5.92 Å². The first-order valence-corrected chi connectivity index (χ1v) is 9.02. The fraction of sp³-hybridized carbons (Fsp3) is 0.579. The van der Waals surface area contributed by atoms with E-state index in [9.17, 15) is 9.59 Å². The Kier molecular flexibility index (Phi) is 5.25. The van der Waals surface area contributed by atoms with Crippen molar-refractivity contribution in [1.82, 2.24) is 10.2 Å². The molecule has 0 saturated carbocycles. The molecule has 2 aliphatic heterocycles. The number of ether oxygens (including phenoxy) is 2. The number of carboxylic acids is 1. The minimum absolute atomic E-state index is 0.139. The molecule has 2 heterocycles. The molecule has 0 radical (unpaired) electrons. The summed E-state index contributed by atoms with van der Waals surface area (Å²) in [5.41, 5.74) is 0.789. The zero-order valence-corrected chi connectivity index (χ0v) is 15.3. The topological polar surface area (TPSA) is 88.1 Å². The Hall–Kier alpha value is -2.44. The van der Waals surface area contributed by atoms with Crippen LogP contribution >= 0.6 is 0 Å². The predicted molar refractivity (Wildman–Crippen MR) is 95.8 cm³/mol. The van der Waals surface area contributed by atoms with E-state index in [1.54, 1.807) is 4.90 Å². The third kappa shape index (κ3) is 4.03. The van der Waals surface area contributed by atoms with Crippen molar-refractivity contribution in [2.75, 3.05) is 32.8 Å². The minimum atomic E-state index is -0.773. The van der Waals surface area contributed by atoms with Gasteiger partial charge in [-0.15, -0.1) is 0 Å². The van der Waals surface area contributed by atoms with E-state index in [4.69, 9.17) is 14.6 Å². The fourth-order valence-electron chi connectivity index (χ4n) is 3.30. The molecule has 0 spiro atoms. The molecule has 0 unspecified atom stereocenters. The molecule has 2 N–H and O–H groups in total. The largest absolute Gasteiger partial charge is 0.486 e. The number of hydrogen-bond acceptors (Lipinski definition) is 4. The molecule has 1 fully saturated rings. The number of nitrogens with zero attached hydrogens (tertiary/aromatic N) is 1. The Morgan fingerprint density at radius 3 is 2.50 bits per heavy atom. The second-order valence-electron chi connectivity index (χ2n) is 7.50. The Labute approximate surface area is 153 Å². The second kappa shape index (κ2) is 7.43. The summed E-state index contributed by atoms with van der Waals surface area (Å²) in [4.78, 5) is 25.1. The number of benzene rings is 1. The summed E-state index contributed by atoms with van der Waals surface area (Å²) in [5, 5.41) is 12.0. The smallest absolute Gasteiger partial charge is 0.317 e. The molecule has 3 rings (SSSR count). The number of urea groups is 1. The van der Waals surface area contributed by atoms with Crippen LogP contribution in [0.2, 0.25) is 0 Å². The molecule has 2 amide bonds. The zero-order chi connectivity index (χ0) is 18.7. The molecular formula is C19H26N2O5. The van der Waals surface area contributed by atoms with Crippen LogP contribution < -0.4 is 14.8 Å². The van der Waals surface area contributed by atoms with Gasteiger partial charge in [0.2, 0.25) is 0 Å². The van der Waals surface area contributed by atoms with Gasteiger partial charge < -0.3 is 24.8 Å². The molecule has 7 heteroatoms. The lowest BCUT2D eigenvalue weighted by molar-refractivity contribution is -0.143. The number of carbonyl (C=O) groups is 2. The molecule has 1 aromatic rings. The number of nitrogens with one attached hydrogen (secondary N) is 1. The lowest BCUT2D eigenvalue weighted by atomic mass is 9.84. The van der Waals surface area contributed by atoms with E-state index in [1.165, 1.54) is 0 Å². The lowest BCUT2D eigenvalue weighted by Gasteiger charge is -2.32. The molecule has 1 saturated heterocycles. The number of likely N-dealkylation sites (tertiary alicyclic amines) is 1. The Morgan fingerprint density at radius 2 is 1.85 bits per heavy atom. The summed E-state index contributed by atoms with van der Waals surface area (Å²) < 4.78 is 11.2. The van der Waals surface area contributed by atoms with Gasteiger partial charge in [-0.3, -0.25) is 4.79 Å². The van der Waals surface area contributed by atoms with Crippen LogP contribution in [-0.4, -0.2) is 54.9 Å². The van der Waals surface area contributed by atoms with Crippen LogP contribution in [0.3, 0.4) is 0 Å². The Balaban J connectivity index is 1.56. The maximum atomic E-state index is 12.4. The van der Waals surface area contributed by atoms with Crippen molar-refractivity contribution in [2.45, 2.75) is 32.1 Å². The first-order valence-electron chi connectivity index (χ1n) is 9.02. The number of piperidine rings is 1. The van der Waals surface area contributed by atoms with Crippen LogP contribution in [0.4, 0.5) is 4.79 Å². The fourth-order valence-corrected chi connectivity index (χ4v) is 3.30. The van der Waals surface area contributed by atoms with Gasteiger partial charge in [0.25, 0.3) is 0 Å². The lowest BCUT2D eigenvalue weighted by Crippen LogP contribution is -2.48. The molecule has 0 aromatic heterocycles. The standard InChI is InChI=1S/C19H26N2O5/c1-19(2,14-3-4-15-16(11-14)26-10-9-25-15)12-20-18(24)21-7-5-13(6-8-21)17(22)23/h3-4,11,13H,5-10,12H2,1-2H3,(H,20,24)(H,22,23). The molecule has 7 nitrogen and oxygen atoms in total. The first kappa shape index (κ1) is 18.4. The van der Waals surface area contributed by atoms with Gasteiger partial charge in [0, 0.05) is 25.0 Å². The molecule has 0 atom stereocenters. The van der Waals surface area contributed by atoms with Gasteiger partial charge in [-0.05, 0) is 30.5 Å². The monoisotopic (exact) mass is 362 g/mol. The normalized spacial score (nSPS) is 17.7. The maximum absolute atomic E-state index is 12.4. The average Bonchev–Trinajstić information content (AvgIpc) is 2.65. The summed E-state index contributed by atoms with van der Waals surface area (Å²) in [7, 11) is 0. The summed E-state index contributed by atoms with van der Waals surface area (Å²) in [6, 6.07) is 5.74. The van der Waals surface area contributed by atoms with Gasteiger partial charge in [-0.2, -0.15) is 0 Å². The minimum Gasteiger partial charge on any atom is -0.486 e. The second-order valence-corrected chi connectivity index (χ2v) is 7.50. The SMILES string of the molecule is CC(C)(CNC(=O)N1CCC(C(=O)O)CC1)c1ccc2c(c1)OCCO2. The first-order chi connectivity index (χ1) is 12.4. The van der Waals surface area contributed by atoms with E-state index in [-0.39, 0.29) is 17.4 Å². The molecule has 0 bridgehead atoms. The highest BCUT2D eigenvalue weighted by Crippen LogP contribution is 2.35. The van der Waals surface area contributed by atoms with Crippen molar-refractivity contribution in [3.05, 3.63) is 23.8 Å². The van der Waals surface area contributed by atoms with Crippen LogP contribution in [-0.2, 0) is 10.2 Å². The predicted octanol–water partition coefficient (Wildman–Crippen LogP) is 2.24. The highest BCUT2D eigenvalue weighted by atomic mass is 16.6. The molecule has 2 aliphatic rings. The average molecular weight is 362 g/mol. The number of carboxylic acid groups (broad SMARTS) is 1. The van der Waals surface area contributed by atoms with Crippen LogP contribution in [0.5, 0.6) is 11.5 Å². The van der Waals surface area contributed by atoms with E-state index >= 15 is 0 Å². The third-order valence-corrected chi connectivity index (χ3v) is 5.14. The molecular weight excluding hydrogens is 336 g/mol. The van der Waals surface area contributed by atoms with E-state index in [2.05, 4.69) is 19.2 Å². The molecule has 26 heavy (non-hydrogen) atoms. The highest BCUT2D eigenvalue weighted by molar-refractivity contribution is 5.75. The van der Waals surface area contributed by atoms with Crippen molar-refractivity contribution >= 4 is 12.0 Å². The Bertz CT molecular complexity index is 681. The number of carbonyl (C=O) groups excluding carboxylic acids is 1. The summed E-state index contributed by atoms with van der Waals surface area (Å²) >= 11 is 0. The number of fused-ring (bicyclic) bond motifs is 1. The molecule has 142 valence electrons. The van der Waals surface area contributed by atoms with Gasteiger partial charge in [-0.25, -0.2) is 4.79 Å². The van der Waals surface area contributed by atoms with E-state index in [0.29, 0.717) is 45.7 Å². The van der Waals surface area contributed by atoms with E-state index in [0.717, 1.165) is 17.1 Å². The van der Waals surface area contributed by atoms with Crippen LogP contribution in [0.15, 0.2) is 18.2 Å². The van der Waals surface area contributed by atoms with Crippen molar-refractivity contribution in [3.8, 4) is 11.5 Å². The van der Waals surface area contributed by atoms with Gasteiger partial charge >= 0.3 is 12.0 Å². The van der Waals surface area contributed by atoms with E-state index in [1.807, 2.05) is 18.2 Å². The zero-order valence-electron chi connectivity index (χ0n) is 15.3. The number of hydrogen-bond donors (Lipinski definition) is 2. The van der Waals surface area contributed by atoms with Crippen LogP contribution in [0.1, 0.15) is 32.3 Å². The van der Waals surface area contributed by atoms with Gasteiger partial charge in [0.15, 0.2) is 11.5 Å². The number of rotatable bonds is 4. The summed E-state index contributed by atoms with van der Waals surface area (Å²) in [6.45, 7) is 6.67. The summed E-state index contributed by atoms with van der Waals surface area (Å²) in [6.07, 6.45) is 1.02. The van der Waals surface area contributed by atoms with Crippen LogP contribution in [0.25, 0.3) is 0 Å². The van der Waals surface area contributed by atoms with Crippen molar-refractivity contribution in [1.29, 1.82) is 0 Å². The third-order valence-electron chi connectivity index (χ3n) is 5.14. The summed E-state index contributed by atoms with van der Waals surface area (Å²) in [5.74, 6) is 0.378. The van der Waals surface area contributed by atoms with Crippen molar-refractivity contribution in [3.63, 3.8) is 0 Å². The Morgan fingerprint density at radius 1 is 1.19 bits per heavy atom. The quantitative estimate of drug-likeness (QED) is 0.858. The number of aliphatic carboxylic acids is 1. The number of amides is 2. The van der Waals surface area contributed by atoms with Gasteiger partial charge in [0.05, 0.1) is 5.92 Å². The molecule has 1 aromatic carbocycles. The van der Waals surface area contributed by atoms with E-state index < -0.39 is 5.97 Å². The van der Waals surface area contributed by atoms with Gasteiger partial charge in [0.1, 0.15) is 13.2 Å².